The molecule has 4 atom stereocenters. The number of carbonyl (C=O) groups excluding carboxylic acids is 1. The smallest absolute Gasteiger partial charge is 0.323 e. The van der Waals surface area contributed by atoms with Gasteiger partial charge in [-0.15, -0.1) is 0 Å². The van der Waals surface area contributed by atoms with Crippen LogP contribution in [-0.4, -0.2) is 24.7 Å². The first-order chi connectivity index (χ1) is 7.66. The van der Waals surface area contributed by atoms with Crippen molar-refractivity contribution in [1.82, 2.24) is 5.32 Å². The lowest BCUT2D eigenvalue weighted by molar-refractivity contribution is -0.154. The third kappa shape index (κ3) is 2.76. The highest BCUT2D eigenvalue weighted by atomic mass is 16.5. The van der Waals surface area contributed by atoms with Gasteiger partial charge in [0.2, 0.25) is 0 Å². The van der Waals surface area contributed by atoms with E-state index in [2.05, 4.69) is 19.2 Å². The van der Waals surface area contributed by atoms with Gasteiger partial charge >= 0.3 is 5.97 Å². The van der Waals surface area contributed by atoms with Crippen LogP contribution in [0.4, 0.5) is 0 Å². The average molecular weight is 225 g/mol. The lowest BCUT2D eigenvalue weighted by atomic mass is 9.80. The van der Waals surface area contributed by atoms with Gasteiger partial charge in [0.25, 0.3) is 0 Å². The summed E-state index contributed by atoms with van der Waals surface area (Å²) in [6.45, 7) is 5.51. The number of carbonyl (C=O) groups is 1. The zero-order valence-electron chi connectivity index (χ0n) is 10.4. The van der Waals surface area contributed by atoms with Gasteiger partial charge in [-0.05, 0) is 50.5 Å². The average Bonchev–Trinajstić information content (AvgIpc) is 2.77. The van der Waals surface area contributed by atoms with Crippen molar-refractivity contribution >= 4 is 5.97 Å². The largest absolute Gasteiger partial charge is 0.461 e. The van der Waals surface area contributed by atoms with Crippen LogP contribution in [0.2, 0.25) is 0 Å². The minimum absolute atomic E-state index is 0.0238. The Morgan fingerprint density at radius 2 is 2.00 bits per heavy atom. The third-order valence-electron chi connectivity index (χ3n) is 4.18. The molecule has 0 radical (unpaired) electrons. The summed E-state index contributed by atoms with van der Waals surface area (Å²) in [5.74, 6) is 1.44. The van der Waals surface area contributed by atoms with Crippen LogP contribution in [0.5, 0.6) is 0 Å². The molecular weight excluding hydrogens is 202 g/mol. The lowest BCUT2D eigenvalue weighted by Gasteiger charge is -2.32. The highest BCUT2D eigenvalue weighted by molar-refractivity contribution is 5.76. The summed E-state index contributed by atoms with van der Waals surface area (Å²) in [7, 11) is 0. The van der Waals surface area contributed by atoms with Crippen molar-refractivity contribution in [2.75, 3.05) is 6.54 Å². The summed E-state index contributed by atoms with van der Waals surface area (Å²) in [4.78, 5) is 11.8. The molecule has 92 valence electrons. The standard InChI is InChI=1S/C13H23NO2/c1-9-5-6-11(8-10(9)2)16-13(15)12-4-3-7-14-12/h9-12,14H,3-8H2,1-2H3. The van der Waals surface area contributed by atoms with Crippen molar-refractivity contribution in [3.8, 4) is 0 Å². The molecule has 1 N–H and O–H groups in total. The quantitative estimate of drug-likeness (QED) is 0.731. The van der Waals surface area contributed by atoms with Crippen molar-refractivity contribution < 1.29 is 9.53 Å². The number of hydrogen-bond donors (Lipinski definition) is 1. The Bertz CT molecular complexity index is 248. The molecule has 1 heterocycles. The van der Waals surface area contributed by atoms with Crippen molar-refractivity contribution in [3.63, 3.8) is 0 Å². The number of esters is 1. The van der Waals surface area contributed by atoms with Crippen molar-refractivity contribution in [2.45, 2.75) is 58.1 Å². The second-order valence-corrected chi connectivity index (χ2v) is 5.48. The normalized spacial score (nSPS) is 39.6. The molecule has 16 heavy (non-hydrogen) atoms. The summed E-state index contributed by atoms with van der Waals surface area (Å²) in [5.41, 5.74) is 0. The molecule has 0 amide bonds. The molecule has 1 aliphatic heterocycles. The molecule has 0 bridgehead atoms. The molecule has 2 fully saturated rings. The van der Waals surface area contributed by atoms with Crippen LogP contribution in [0.1, 0.15) is 46.0 Å². The van der Waals surface area contributed by atoms with E-state index >= 15 is 0 Å². The lowest BCUT2D eigenvalue weighted by Crippen LogP contribution is -2.37. The summed E-state index contributed by atoms with van der Waals surface area (Å²) < 4.78 is 5.59. The molecule has 3 heteroatoms. The van der Waals surface area contributed by atoms with Crippen LogP contribution in [0.15, 0.2) is 0 Å². The van der Waals surface area contributed by atoms with Gasteiger partial charge in [0, 0.05) is 0 Å². The van der Waals surface area contributed by atoms with Crippen molar-refractivity contribution in [1.29, 1.82) is 0 Å². The second-order valence-electron chi connectivity index (χ2n) is 5.48. The first-order valence-corrected chi connectivity index (χ1v) is 6.60. The molecule has 2 aliphatic rings. The Morgan fingerprint density at radius 3 is 2.62 bits per heavy atom. The highest BCUT2D eigenvalue weighted by Gasteiger charge is 2.30. The predicted octanol–water partition coefficient (Wildman–Crippen LogP) is 2.11. The first kappa shape index (κ1) is 11.9. The van der Waals surface area contributed by atoms with E-state index in [0.717, 1.165) is 38.1 Å². The Labute approximate surface area is 97.9 Å². The topological polar surface area (TPSA) is 38.3 Å². The van der Waals surface area contributed by atoms with E-state index in [1.165, 1.54) is 6.42 Å². The van der Waals surface area contributed by atoms with Gasteiger partial charge in [-0.3, -0.25) is 4.79 Å². The molecule has 1 saturated heterocycles. The summed E-state index contributed by atoms with van der Waals surface area (Å²) in [5, 5.41) is 3.19. The van der Waals surface area contributed by atoms with Crippen LogP contribution in [-0.2, 0) is 9.53 Å². The van der Waals surface area contributed by atoms with E-state index in [1.54, 1.807) is 0 Å². The van der Waals surface area contributed by atoms with Gasteiger partial charge < -0.3 is 10.1 Å². The molecule has 0 aromatic heterocycles. The van der Waals surface area contributed by atoms with Gasteiger partial charge in [0.15, 0.2) is 0 Å². The maximum Gasteiger partial charge on any atom is 0.323 e. The maximum absolute atomic E-state index is 11.8. The van der Waals surface area contributed by atoms with Gasteiger partial charge in [0.05, 0.1) is 0 Å². The minimum atomic E-state index is -0.0327. The fourth-order valence-electron chi connectivity index (χ4n) is 2.74. The summed E-state index contributed by atoms with van der Waals surface area (Å²) >= 11 is 0. The second kappa shape index (κ2) is 5.17. The molecule has 4 unspecified atom stereocenters. The Kier molecular flexibility index (Phi) is 3.85. The first-order valence-electron chi connectivity index (χ1n) is 6.60. The molecule has 0 aromatic carbocycles. The minimum Gasteiger partial charge on any atom is -0.461 e. The SMILES string of the molecule is CC1CCC(OC(=O)C2CCCN2)CC1C. The number of hydrogen-bond acceptors (Lipinski definition) is 3. The molecular formula is C13H23NO2. The van der Waals surface area contributed by atoms with E-state index in [1.807, 2.05) is 0 Å². The summed E-state index contributed by atoms with van der Waals surface area (Å²) in [6, 6.07) is -0.0327. The molecule has 3 nitrogen and oxygen atoms in total. The zero-order valence-corrected chi connectivity index (χ0v) is 10.4. The predicted molar refractivity (Wildman–Crippen MR) is 63.1 cm³/mol. The van der Waals surface area contributed by atoms with E-state index in [9.17, 15) is 4.79 Å². The van der Waals surface area contributed by atoms with Crippen LogP contribution >= 0.6 is 0 Å². The molecule has 0 aromatic rings. The highest BCUT2D eigenvalue weighted by Crippen LogP contribution is 2.31. The molecule has 0 spiro atoms. The third-order valence-corrected chi connectivity index (χ3v) is 4.18. The van der Waals surface area contributed by atoms with Crippen molar-refractivity contribution in [2.24, 2.45) is 11.8 Å². The van der Waals surface area contributed by atoms with Crippen molar-refractivity contribution in [3.05, 3.63) is 0 Å². The van der Waals surface area contributed by atoms with Crippen LogP contribution in [0, 0.1) is 11.8 Å². The monoisotopic (exact) mass is 225 g/mol. The van der Waals surface area contributed by atoms with E-state index in [0.29, 0.717) is 5.92 Å². The fraction of sp³-hybridized carbons (Fsp3) is 0.923. The fourth-order valence-corrected chi connectivity index (χ4v) is 2.74. The van der Waals surface area contributed by atoms with Gasteiger partial charge in [-0.2, -0.15) is 0 Å². The zero-order chi connectivity index (χ0) is 11.5. The van der Waals surface area contributed by atoms with E-state index in [4.69, 9.17) is 4.74 Å². The van der Waals surface area contributed by atoms with Crippen LogP contribution < -0.4 is 5.32 Å². The van der Waals surface area contributed by atoms with E-state index in [-0.39, 0.29) is 18.1 Å². The number of nitrogens with one attached hydrogen (secondary N) is 1. The maximum atomic E-state index is 11.8. The van der Waals surface area contributed by atoms with Crippen LogP contribution in [0.3, 0.4) is 0 Å². The van der Waals surface area contributed by atoms with E-state index < -0.39 is 0 Å². The number of rotatable bonds is 2. The Balaban J connectivity index is 1.78. The molecule has 2 rings (SSSR count). The Morgan fingerprint density at radius 1 is 1.19 bits per heavy atom. The van der Waals surface area contributed by atoms with Gasteiger partial charge in [0.1, 0.15) is 12.1 Å². The molecule has 1 saturated carbocycles. The van der Waals surface area contributed by atoms with Crippen LogP contribution in [0.25, 0.3) is 0 Å². The Hall–Kier alpha value is -0.570. The number of ether oxygens (including phenoxy) is 1. The summed E-state index contributed by atoms with van der Waals surface area (Å²) in [6.07, 6.45) is 5.48. The van der Waals surface area contributed by atoms with Gasteiger partial charge in [-0.25, -0.2) is 0 Å². The van der Waals surface area contributed by atoms with Gasteiger partial charge in [-0.1, -0.05) is 13.8 Å². The molecule has 1 aliphatic carbocycles.